The fourth-order valence-corrected chi connectivity index (χ4v) is 4.25. The van der Waals surface area contributed by atoms with E-state index in [9.17, 15) is 19.5 Å². The summed E-state index contributed by atoms with van der Waals surface area (Å²) in [5.41, 5.74) is 3.21. The van der Waals surface area contributed by atoms with Crippen LogP contribution in [0.25, 0.3) is 11.1 Å². The van der Waals surface area contributed by atoms with Crippen LogP contribution in [0.15, 0.2) is 66.7 Å². The van der Waals surface area contributed by atoms with Gasteiger partial charge in [-0.3, -0.25) is 4.79 Å². The summed E-state index contributed by atoms with van der Waals surface area (Å²) in [4.78, 5) is 36.6. The molecule has 0 bridgehead atoms. The minimum Gasteiger partial charge on any atom is -0.478 e. The van der Waals surface area contributed by atoms with Gasteiger partial charge in [0.1, 0.15) is 12.1 Å². The van der Waals surface area contributed by atoms with E-state index in [-0.39, 0.29) is 28.8 Å². The number of carbonyl (C=O) groups excluding carboxylic acids is 2. The number of hydrogen-bond acceptors (Lipinski definition) is 4. The summed E-state index contributed by atoms with van der Waals surface area (Å²) in [5.74, 6) is -1.83. The molecule has 3 N–H and O–H groups in total. The molecule has 0 aromatic heterocycles. The molecule has 0 atom stereocenters. The molecule has 3 aromatic rings. The van der Waals surface area contributed by atoms with E-state index in [2.05, 4.69) is 10.6 Å². The lowest BCUT2D eigenvalue weighted by molar-refractivity contribution is -0.121. The molecular formula is C26H23ClN2O5. The summed E-state index contributed by atoms with van der Waals surface area (Å²) < 4.78 is 5.52. The topological polar surface area (TPSA) is 105 Å². The summed E-state index contributed by atoms with van der Waals surface area (Å²) in [6.45, 7) is 3.16. The third kappa shape index (κ3) is 4.75. The van der Waals surface area contributed by atoms with E-state index in [4.69, 9.17) is 16.3 Å². The number of nitrogens with one attached hydrogen (secondary N) is 2. The van der Waals surface area contributed by atoms with Gasteiger partial charge in [0.2, 0.25) is 5.91 Å². The standard InChI is InChI=1S/C26H23ClN2O5/c1-26(2,24(32)28-17-12-15(23(30)31)11-16(27)13-17)29-25(33)34-14-22-20-9-5-3-7-18(20)19-8-4-6-10-21(19)22/h3-13,22H,14H2,1-2H3,(H,28,32)(H,29,33)(H,30,31). The Balaban J connectivity index is 1.41. The first-order valence-corrected chi connectivity index (χ1v) is 11.0. The summed E-state index contributed by atoms with van der Waals surface area (Å²) in [5, 5.41) is 14.5. The Bertz CT molecular complexity index is 1240. The number of carbonyl (C=O) groups is 3. The number of carboxylic acids is 1. The lowest BCUT2D eigenvalue weighted by atomic mass is 9.98. The van der Waals surface area contributed by atoms with E-state index in [1.54, 1.807) is 0 Å². The second kappa shape index (κ2) is 9.19. The van der Waals surface area contributed by atoms with Crippen molar-refractivity contribution in [2.24, 2.45) is 0 Å². The molecule has 2 amide bonds. The van der Waals surface area contributed by atoms with Gasteiger partial charge in [0.05, 0.1) is 5.56 Å². The van der Waals surface area contributed by atoms with Crippen molar-refractivity contribution < 1.29 is 24.2 Å². The Morgan fingerprint density at radius 2 is 1.56 bits per heavy atom. The van der Waals surface area contributed by atoms with Crippen molar-refractivity contribution in [3.8, 4) is 11.1 Å². The summed E-state index contributed by atoms with van der Waals surface area (Å²) in [7, 11) is 0. The van der Waals surface area contributed by atoms with Crippen LogP contribution >= 0.6 is 11.6 Å². The zero-order valence-electron chi connectivity index (χ0n) is 18.6. The number of amides is 2. The van der Waals surface area contributed by atoms with Gasteiger partial charge < -0.3 is 20.5 Å². The van der Waals surface area contributed by atoms with E-state index < -0.39 is 23.5 Å². The number of fused-ring (bicyclic) bond motifs is 3. The minimum atomic E-state index is -1.34. The highest BCUT2D eigenvalue weighted by molar-refractivity contribution is 6.31. The molecule has 0 saturated heterocycles. The van der Waals surface area contributed by atoms with Crippen LogP contribution in [0.5, 0.6) is 0 Å². The Hall–Kier alpha value is -3.84. The SMILES string of the molecule is CC(C)(NC(=O)OCC1c2ccccc2-c2ccccc21)C(=O)Nc1cc(Cl)cc(C(=O)O)c1. The molecule has 7 nitrogen and oxygen atoms in total. The quantitative estimate of drug-likeness (QED) is 0.446. The number of aromatic carboxylic acids is 1. The van der Waals surface area contributed by atoms with E-state index >= 15 is 0 Å². The molecular weight excluding hydrogens is 456 g/mol. The molecule has 4 rings (SSSR count). The first-order chi connectivity index (χ1) is 16.2. The maximum absolute atomic E-state index is 12.8. The molecule has 0 unspecified atom stereocenters. The van der Waals surface area contributed by atoms with Gasteiger partial charge in [0, 0.05) is 16.6 Å². The van der Waals surface area contributed by atoms with Gasteiger partial charge in [-0.15, -0.1) is 0 Å². The Morgan fingerprint density at radius 1 is 0.971 bits per heavy atom. The maximum Gasteiger partial charge on any atom is 0.408 e. The monoisotopic (exact) mass is 478 g/mol. The van der Waals surface area contributed by atoms with Gasteiger partial charge in [-0.05, 0) is 54.3 Å². The molecule has 1 aliphatic carbocycles. The Kier molecular flexibility index (Phi) is 6.30. The predicted octanol–water partition coefficient (Wildman–Crippen LogP) is 5.29. The van der Waals surface area contributed by atoms with Gasteiger partial charge in [-0.25, -0.2) is 9.59 Å². The highest BCUT2D eigenvalue weighted by Crippen LogP contribution is 2.44. The van der Waals surface area contributed by atoms with Crippen LogP contribution in [0.4, 0.5) is 10.5 Å². The van der Waals surface area contributed by atoms with Crippen molar-refractivity contribution in [3.05, 3.63) is 88.4 Å². The third-order valence-electron chi connectivity index (χ3n) is 5.73. The lowest BCUT2D eigenvalue weighted by Gasteiger charge is -2.25. The molecule has 0 fully saturated rings. The number of halogens is 1. The van der Waals surface area contributed by atoms with Crippen molar-refractivity contribution in [2.45, 2.75) is 25.3 Å². The lowest BCUT2D eigenvalue weighted by Crippen LogP contribution is -2.52. The first kappa shape index (κ1) is 23.3. The number of carboxylic acid groups (broad SMARTS) is 1. The number of alkyl carbamates (subject to hydrolysis) is 1. The zero-order chi connectivity index (χ0) is 24.5. The van der Waals surface area contributed by atoms with E-state index in [0.717, 1.165) is 22.3 Å². The van der Waals surface area contributed by atoms with Gasteiger partial charge in [0.25, 0.3) is 0 Å². The fourth-order valence-electron chi connectivity index (χ4n) is 4.02. The van der Waals surface area contributed by atoms with Gasteiger partial charge in [-0.2, -0.15) is 0 Å². The molecule has 0 heterocycles. The highest BCUT2D eigenvalue weighted by atomic mass is 35.5. The van der Waals surface area contributed by atoms with Crippen LogP contribution in [-0.2, 0) is 9.53 Å². The average Bonchev–Trinajstić information content (AvgIpc) is 3.10. The highest BCUT2D eigenvalue weighted by Gasteiger charge is 2.32. The van der Waals surface area contributed by atoms with Crippen molar-refractivity contribution >= 4 is 35.3 Å². The number of hydrogen-bond donors (Lipinski definition) is 3. The largest absolute Gasteiger partial charge is 0.478 e. The van der Waals surface area contributed by atoms with E-state index in [1.165, 1.54) is 32.0 Å². The van der Waals surface area contributed by atoms with Crippen molar-refractivity contribution in [1.29, 1.82) is 0 Å². The van der Waals surface area contributed by atoms with Gasteiger partial charge >= 0.3 is 12.1 Å². The van der Waals surface area contributed by atoms with Crippen LogP contribution in [0, 0.1) is 0 Å². The van der Waals surface area contributed by atoms with Crippen molar-refractivity contribution in [1.82, 2.24) is 5.32 Å². The van der Waals surface area contributed by atoms with Crippen LogP contribution in [-0.4, -0.2) is 35.2 Å². The van der Waals surface area contributed by atoms with Crippen LogP contribution in [0.1, 0.15) is 41.3 Å². The molecule has 8 heteroatoms. The molecule has 1 aliphatic rings. The summed E-state index contributed by atoms with van der Waals surface area (Å²) >= 11 is 5.95. The van der Waals surface area contributed by atoms with Crippen molar-refractivity contribution in [3.63, 3.8) is 0 Å². The van der Waals surface area contributed by atoms with Crippen LogP contribution < -0.4 is 10.6 Å². The number of rotatable bonds is 6. The van der Waals surface area contributed by atoms with Gasteiger partial charge in [-0.1, -0.05) is 60.1 Å². The number of benzene rings is 3. The van der Waals surface area contributed by atoms with Crippen LogP contribution in [0.2, 0.25) is 5.02 Å². The molecule has 0 saturated carbocycles. The zero-order valence-corrected chi connectivity index (χ0v) is 19.3. The first-order valence-electron chi connectivity index (χ1n) is 10.6. The smallest absolute Gasteiger partial charge is 0.408 e. The number of anilines is 1. The van der Waals surface area contributed by atoms with E-state index in [1.807, 2.05) is 48.5 Å². The summed E-state index contributed by atoms with van der Waals surface area (Å²) in [6.07, 6.45) is -0.737. The Labute approximate surface area is 201 Å². The average molecular weight is 479 g/mol. The second-order valence-corrected chi connectivity index (χ2v) is 9.00. The van der Waals surface area contributed by atoms with Crippen LogP contribution in [0.3, 0.4) is 0 Å². The normalized spacial score (nSPS) is 12.4. The summed E-state index contributed by atoms with van der Waals surface area (Å²) in [6, 6.07) is 20.0. The molecule has 0 aliphatic heterocycles. The minimum absolute atomic E-state index is 0.0647. The van der Waals surface area contributed by atoms with E-state index in [0.29, 0.717) is 0 Å². The third-order valence-corrected chi connectivity index (χ3v) is 5.95. The predicted molar refractivity (Wildman–Crippen MR) is 129 cm³/mol. The maximum atomic E-state index is 12.8. The van der Waals surface area contributed by atoms with Crippen molar-refractivity contribution in [2.75, 3.05) is 11.9 Å². The molecule has 0 spiro atoms. The molecule has 0 radical (unpaired) electrons. The Morgan fingerprint density at radius 3 is 2.15 bits per heavy atom. The molecule has 34 heavy (non-hydrogen) atoms. The molecule has 3 aromatic carbocycles. The fraction of sp³-hybridized carbons (Fsp3) is 0.192. The molecule has 174 valence electrons. The second-order valence-electron chi connectivity index (χ2n) is 8.56. The van der Waals surface area contributed by atoms with Gasteiger partial charge in [0.15, 0.2) is 0 Å². The number of ether oxygens (including phenoxy) is 1.